The maximum absolute atomic E-state index is 11.7. The van der Waals surface area contributed by atoms with Crippen molar-refractivity contribution in [3.63, 3.8) is 0 Å². The van der Waals surface area contributed by atoms with Gasteiger partial charge in [-0.25, -0.2) is 4.79 Å². The highest BCUT2D eigenvalue weighted by Gasteiger charge is 2.16. The van der Waals surface area contributed by atoms with E-state index in [4.69, 9.17) is 4.74 Å². The Morgan fingerprint density at radius 3 is 2.38 bits per heavy atom. The van der Waals surface area contributed by atoms with Crippen LogP contribution in [0.5, 0.6) is 0 Å². The van der Waals surface area contributed by atoms with Gasteiger partial charge >= 0.3 is 6.09 Å². The monoisotopic (exact) mass is 344 g/mol. The summed E-state index contributed by atoms with van der Waals surface area (Å²) in [7, 11) is 0. The third kappa shape index (κ3) is 5.27. The van der Waals surface area contributed by atoms with Gasteiger partial charge in [0, 0.05) is 16.2 Å². The Bertz CT molecular complexity index is 706. The SMILES string of the molecule is CSc1ccc(-c2ccc(CNC(=O)OC(C)(C)C)nc2C)cc1. The van der Waals surface area contributed by atoms with E-state index in [1.165, 1.54) is 4.90 Å². The number of hydrogen-bond acceptors (Lipinski definition) is 4. The summed E-state index contributed by atoms with van der Waals surface area (Å²) in [6.07, 6.45) is 1.63. The predicted molar refractivity (Wildman–Crippen MR) is 99.3 cm³/mol. The van der Waals surface area contributed by atoms with E-state index in [2.05, 4.69) is 40.8 Å². The fourth-order valence-electron chi connectivity index (χ4n) is 2.26. The Labute approximate surface area is 148 Å². The van der Waals surface area contributed by atoms with Crippen LogP contribution in [0, 0.1) is 6.92 Å². The van der Waals surface area contributed by atoms with Gasteiger partial charge in [0.25, 0.3) is 0 Å². The van der Waals surface area contributed by atoms with Crippen molar-refractivity contribution in [2.24, 2.45) is 0 Å². The lowest BCUT2D eigenvalue weighted by molar-refractivity contribution is 0.0523. The molecule has 2 rings (SSSR count). The maximum Gasteiger partial charge on any atom is 0.407 e. The lowest BCUT2D eigenvalue weighted by atomic mass is 10.0. The van der Waals surface area contributed by atoms with Crippen LogP contribution in [0.1, 0.15) is 32.2 Å². The molecule has 0 saturated carbocycles. The van der Waals surface area contributed by atoms with Gasteiger partial charge in [-0.2, -0.15) is 0 Å². The molecule has 0 fully saturated rings. The van der Waals surface area contributed by atoms with Crippen LogP contribution in [0.25, 0.3) is 11.1 Å². The summed E-state index contributed by atoms with van der Waals surface area (Å²) < 4.78 is 5.22. The van der Waals surface area contributed by atoms with E-state index in [0.29, 0.717) is 6.54 Å². The van der Waals surface area contributed by atoms with Crippen LogP contribution in [0.4, 0.5) is 4.79 Å². The number of carbonyl (C=O) groups is 1. The smallest absolute Gasteiger partial charge is 0.407 e. The summed E-state index contributed by atoms with van der Waals surface area (Å²) in [5, 5.41) is 2.73. The van der Waals surface area contributed by atoms with Crippen molar-refractivity contribution in [3.05, 3.63) is 47.8 Å². The van der Waals surface area contributed by atoms with Crippen molar-refractivity contribution in [3.8, 4) is 11.1 Å². The summed E-state index contributed by atoms with van der Waals surface area (Å²) in [5.41, 5.74) is 3.49. The molecule has 128 valence electrons. The number of aromatic nitrogens is 1. The topological polar surface area (TPSA) is 51.2 Å². The minimum absolute atomic E-state index is 0.349. The molecule has 1 amide bonds. The highest BCUT2D eigenvalue weighted by molar-refractivity contribution is 7.98. The zero-order valence-corrected chi connectivity index (χ0v) is 15.7. The third-order valence-corrected chi connectivity index (χ3v) is 4.10. The summed E-state index contributed by atoms with van der Waals surface area (Å²) >= 11 is 1.72. The number of thioether (sulfide) groups is 1. The summed E-state index contributed by atoms with van der Waals surface area (Å²) in [6, 6.07) is 12.4. The maximum atomic E-state index is 11.7. The number of nitrogens with zero attached hydrogens (tertiary/aromatic N) is 1. The molecule has 0 saturated heterocycles. The zero-order chi connectivity index (χ0) is 17.7. The van der Waals surface area contributed by atoms with Crippen LogP contribution >= 0.6 is 11.8 Å². The number of pyridine rings is 1. The van der Waals surface area contributed by atoms with Gasteiger partial charge in [-0.15, -0.1) is 11.8 Å². The number of aryl methyl sites for hydroxylation is 1. The summed E-state index contributed by atoms with van der Waals surface area (Å²) in [4.78, 5) is 17.5. The highest BCUT2D eigenvalue weighted by Crippen LogP contribution is 2.25. The molecule has 0 unspecified atom stereocenters. The lowest BCUT2D eigenvalue weighted by Gasteiger charge is -2.19. The minimum atomic E-state index is -0.500. The first-order chi connectivity index (χ1) is 11.3. The Morgan fingerprint density at radius 2 is 1.83 bits per heavy atom. The van der Waals surface area contributed by atoms with E-state index >= 15 is 0 Å². The first kappa shape index (κ1) is 18.3. The van der Waals surface area contributed by atoms with Crippen molar-refractivity contribution < 1.29 is 9.53 Å². The molecule has 0 aliphatic rings. The molecular formula is C19H24N2O2S. The Morgan fingerprint density at radius 1 is 1.17 bits per heavy atom. The largest absolute Gasteiger partial charge is 0.444 e. The van der Waals surface area contributed by atoms with E-state index in [9.17, 15) is 4.79 Å². The van der Waals surface area contributed by atoms with Crippen LogP contribution in [-0.4, -0.2) is 22.9 Å². The van der Waals surface area contributed by atoms with Gasteiger partial charge in [0.2, 0.25) is 0 Å². The molecule has 0 radical (unpaired) electrons. The lowest BCUT2D eigenvalue weighted by Crippen LogP contribution is -2.32. The number of carbonyl (C=O) groups excluding carboxylic acids is 1. The molecule has 5 heteroatoms. The molecule has 1 aromatic carbocycles. The number of hydrogen-bond donors (Lipinski definition) is 1. The molecule has 0 aliphatic carbocycles. The molecular weight excluding hydrogens is 320 g/mol. The number of rotatable bonds is 4. The van der Waals surface area contributed by atoms with Gasteiger partial charge in [0.1, 0.15) is 5.60 Å². The van der Waals surface area contributed by atoms with Gasteiger partial charge in [-0.1, -0.05) is 18.2 Å². The molecule has 1 aromatic heterocycles. The molecule has 24 heavy (non-hydrogen) atoms. The average Bonchev–Trinajstić information content (AvgIpc) is 2.52. The molecule has 2 aromatic rings. The molecule has 1 heterocycles. The average molecular weight is 344 g/mol. The van der Waals surface area contributed by atoms with E-state index in [1.54, 1.807) is 11.8 Å². The van der Waals surface area contributed by atoms with Gasteiger partial charge < -0.3 is 10.1 Å². The van der Waals surface area contributed by atoms with Gasteiger partial charge in [0.05, 0.1) is 12.2 Å². The van der Waals surface area contributed by atoms with Crippen molar-refractivity contribution in [1.82, 2.24) is 10.3 Å². The second kappa shape index (κ2) is 7.71. The Balaban J connectivity index is 2.05. The first-order valence-corrected chi connectivity index (χ1v) is 9.09. The van der Waals surface area contributed by atoms with Crippen LogP contribution in [0.15, 0.2) is 41.3 Å². The third-order valence-electron chi connectivity index (χ3n) is 3.36. The van der Waals surface area contributed by atoms with Crippen molar-refractivity contribution in [1.29, 1.82) is 0 Å². The fraction of sp³-hybridized carbons (Fsp3) is 0.368. The van der Waals surface area contributed by atoms with E-state index in [0.717, 1.165) is 22.5 Å². The summed E-state index contributed by atoms with van der Waals surface area (Å²) in [5.74, 6) is 0. The fourth-order valence-corrected chi connectivity index (χ4v) is 2.67. The molecule has 1 N–H and O–H groups in total. The molecule has 4 nitrogen and oxygen atoms in total. The van der Waals surface area contributed by atoms with Gasteiger partial charge in [-0.3, -0.25) is 4.98 Å². The van der Waals surface area contributed by atoms with Gasteiger partial charge in [-0.05, 0) is 57.7 Å². The number of nitrogens with one attached hydrogen (secondary N) is 1. The van der Waals surface area contributed by atoms with E-state index in [1.807, 2.05) is 39.8 Å². The van der Waals surface area contributed by atoms with Crippen LogP contribution < -0.4 is 5.32 Å². The molecule has 0 aliphatic heterocycles. The van der Waals surface area contributed by atoms with Crippen molar-refractivity contribution >= 4 is 17.9 Å². The van der Waals surface area contributed by atoms with Crippen molar-refractivity contribution in [2.75, 3.05) is 6.26 Å². The van der Waals surface area contributed by atoms with E-state index in [-0.39, 0.29) is 0 Å². The highest BCUT2D eigenvalue weighted by atomic mass is 32.2. The Hall–Kier alpha value is -2.01. The normalized spacial score (nSPS) is 11.2. The standard InChI is InChI=1S/C19H24N2O2S/c1-13-17(14-6-9-16(24-5)10-7-14)11-8-15(21-13)12-20-18(22)23-19(2,3)4/h6-11H,12H2,1-5H3,(H,20,22). The second-order valence-corrected chi connectivity index (χ2v) is 7.40. The predicted octanol–water partition coefficient (Wildman–Crippen LogP) is 4.80. The molecule has 0 atom stereocenters. The number of alkyl carbamates (subject to hydrolysis) is 1. The second-order valence-electron chi connectivity index (χ2n) is 6.52. The van der Waals surface area contributed by atoms with Crippen LogP contribution in [0.2, 0.25) is 0 Å². The van der Waals surface area contributed by atoms with Crippen LogP contribution in [-0.2, 0) is 11.3 Å². The Kier molecular flexibility index (Phi) is 5.89. The minimum Gasteiger partial charge on any atom is -0.444 e. The molecule has 0 bridgehead atoms. The summed E-state index contributed by atoms with van der Waals surface area (Å²) in [6.45, 7) is 7.85. The molecule has 0 spiro atoms. The zero-order valence-electron chi connectivity index (χ0n) is 14.8. The van der Waals surface area contributed by atoms with Crippen LogP contribution in [0.3, 0.4) is 0 Å². The quantitative estimate of drug-likeness (QED) is 0.809. The number of amides is 1. The van der Waals surface area contributed by atoms with E-state index < -0.39 is 11.7 Å². The number of ether oxygens (including phenoxy) is 1. The van der Waals surface area contributed by atoms with Gasteiger partial charge in [0.15, 0.2) is 0 Å². The number of benzene rings is 1. The van der Waals surface area contributed by atoms with Crippen molar-refractivity contribution in [2.45, 2.75) is 44.7 Å². The first-order valence-electron chi connectivity index (χ1n) is 7.86.